The lowest BCUT2D eigenvalue weighted by atomic mass is 10.0. The van der Waals surface area contributed by atoms with Crippen LogP contribution < -0.4 is 5.73 Å². The molecule has 3 N–H and O–H groups in total. The zero-order valence-corrected chi connectivity index (χ0v) is 7.71. The van der Waals surface area contributed by atoms with Gasteiger partial charge in [0.2, 0.25) is 0 Å². The van der Waals surface area contributed by atoms with Crippen molar-refractivity contribution in [3.05, 3.63) is 34.9 Å². The van der Waals surface area contributed by atoms with Crippen LogP contribution >= 0.6 is 0 Å². The van der Waals surface area contributed by atoms with Crippen LogP contribution in [-0.4, -0.2) is 11.1 Å². The third kappa shape index (κ3) is 1.48. The Kier molecular flexibility index (Phi) is 2.19. The number of benzene rings is 1. The minimum Gasteiger partial charge on any atom is -0.481 e. The SMILES string of the molecule is NC1c2cc(F)c(F)cc2CC1C(=O)O. The van der Waals surface area contributed by atoms with Crippen molar-refractivity contribution in [1.82, 2.24) is 0 Å². The summed E-state index contributed by atoms with van der Waals surface area (Å²) in [5, 5.41) is 8.83. The molecule has 0 bridgehead atoms. The van der Waals surface area contributed by atoms with Gasteiger partial charge in [0, 0.05) is 6.04 Å². The van der Waals surface area contributed by atoms with E-state index in [1.54, 1.807) is 0 Å². The van der Waals surface area contributed by atoms with E-state index in [0.717, 1.165) is 12.1 Å². The van der Waals surface area contributed by atoms with Gasteiger partial charge in [-0.1, -0.05) is 0 Å². The van der Waals surface area contributed by atoms with Crippen LogP contribution in [0.15, 0.2) is 12.1 Å². The maximum atomic E-state index is 12.9. The first-order chi connectivity index (χ1) is 7.00. The molecule has 0 amide bonds. The quantitative estimate of drug-likeness (QED) is 0.737. The molecule has 5 heteroatoms. The van der Waals surface area contributed by atoms with Gasteiger partial charge in [-0.05, 0) is 29.7 Å². The molecule has 2 rings (SSSR count). The van der Waals surface area contributed by atoms with Gasteiger partial charge in [0.05, 0.1) is 5.92 Å². The summed E-state index contributed by atoms with van der Waals surface area (Å²) >= 11 is 0. The minimum absolute atomic E-state index is 0.156. The highest BCUT2D eigenvalue weighted by Crippen LogP contribution is 2.35. The third-order valence-electron chi connectivity index (χ3n) is 2.73. The second-order valence-corrected chi connectivity index (χ2v) is 3.64. The zero-order chi connectivity index (χ0) is 11.2. The topological polar surface area (TPSA) is 63.3 Å². The van der Waals surface area contributed by atoms with Crippen LogP contribution in [0.25, 0.3) is 0 Å². The number of rotatable bonds is 1. The number of halogens is 2. The molecular formula is C10H9F2NO2. The molecule has 2 atom stereocenters. The van der Waals surface area contributed by atoms with Gasteiger partial charge < -0.3 is 10.8 Å². The van der Waals surface area contributed by atoms with Crippen molar-refractivity contribution in [2.75, 3.05) is 0 Å². The first-order valence-corrected chi connectivity index (χ1v) is 4.47. The molecule has 15 heavy (non-hydrogen) atoms. The highest BCUT2D eigenvalue weighted by Gasteiger charge is 2.35. The summed E-state index contributed by atoms with van der Waals surface area (Å²) in [4.78, 5) is 10.8. The van der Waals surface area contributed by atoms with Gasteiger partial charge in [-0.2, -0.15) is 0 Å². The normalized spacial score (nSPS) is 23.9. The molecule has 1 aliphatic carbocycles. The number of fused-ring (bicyclic) bond motifs is 1. The fourth-order valence-corrected chi connectivity index (χ4v) is 1.91. The van der Waals surface area contributed by atoms with Crippen LogP contribution in [0.4, 0.5) is 8.78 Å². The monoisotopic (exact) mass is 213 g/mol. The molecular weight excluding hydrogens is 204 g/mol. The van der Waals surface area contributed by atoms with E-state index in [0.29, 0.717) is 11.1 Å². The van der Waals surface area contributed by atoms with E-state index in [-0.39, 0.29) is 6.42 Å². The highest BCUT2D eigenvalue weighted by molar-refractivity contribution is 5.73. The van der Waals surface area contributed by atoms with Crippen molar-refractivity contribution in [3.63, 3.8) is 0 Å². The van der Waals surface area contributed by atoms with E-state index in [1.807, 2.05) is 0 Å². The number of carbonyl (C=O) groups is 1. The Morgan fingerprint density at radius 3 is 2.60 bits per heavy atom. The zero-order valence-electron chi connectivity index (χ0n) is 7.71. The van der Waals surface area contributed by atoms with E-state index in [1.165, 1.54) is 0 Å². The highest BCUT2D eigenvalue weighted by atomic mass is 19.2. The van der Waals surface area contributed by atoms with Gasteiger partial charge in [0.25, 0.3) is 0 Å². The van der Waals surface area contributed by atoms with Crippen molar-refractivity contribution in [1.29, 1.82) is 0 Å². The van der Waals surface area contributed by atoms with E-state index < -0.39 is 29.6 Å². The fraction of sp³-hybridized carbons (Fsp3) is 0.300. The Morgan fingerprint density at radius 2 is 2.00 bits per heavy atom. The summed E-state index contributed by atoms with van der Waals surface area (Å²) in [7, 11) is 0. The lowest BCUT2D eigenvalue weighted by Gasteiger charge is -2.10. The Hall–Kier alpha value is -1.49. The molecule has 80 valence electrons. The molecule has 0 saturated carbocycles. The number of carboxylic acids is 1. The van der Waals surface area contributed by atoms with Crippen LogP contribution in [0, 0.1) is 17.6 Å². The molecule has 1 aromatic carbocycles. The predicted molar refractivity (Wildman–Crippen MR) is 48.1 cm³/mol. The Morgan fingerprint density at radius 1 is 1.40 bits per heavy atom. The average molecular weight is 213 g/mol. The van der Waals surface area contributed by atoms with E-state index in [2.05, 4.69) is 0 Å². The average Bonchev–Trinajstić information content (AvgIpc) is 2.46. The van der Waals surface area contributed by atoms with E-state index in [9.17, 15) is 13.6 Å². The summed E-state index contributed by atoms with van der Waals surface area (Å²) in [6.45, 7) is 0. The van der Waals surface area contributed by atoms with Gasteiger partial charge in [-0.25, -0.2) is 8.78 Å². The lowest BCUT2D eigenvalue weighted by Crippen LogP contribution is -2.24. The first-order valence-electron chi connectivity index (χ1n) is 4.47. The Labute approximate surface area is 84.5 Å². The molecule has 0 saturated heterocycles. The smallest absolute Gasteiger partial charge is 0.308 e. The molecule has 2 unspecified atom stereocenters. The second kappa shape index (κ2) is 3.27. The molecule has 0 spiro atoms. The molecule has 0 aromatic heterocycles. The number of carboxylic acid groups (broad SMARTS) is 1. The van der Waals surface area contributed by atoms with Crippen molar-refractivity contribution in [2.45, 2.75) is 12.5 Å². The predicted octanol–water partition coefficient (Wildman–Crippen LogP) is 1.22. The summed E-state index contributed by atoms with van der Waals surface area (Å²) in [5.41, 5.74) is 6.51. The van der Waals surface area contributed by atoms with Crippen LogP contribution in [-0.2, 0) is 11.2 Å². The maximum Gasteiger partial charge on any atom is 0.308 e. The standard InChI is InChI=1S/C10H9F2NO2/c11-7-2-4-1-6(10(14)15)9(13)5(4)3-8(7)12/h2-3,6,9H,1,13H2,(H,14,15). The van der Waals surface area contributed by atoms with Crippen molar-refractivity contribution in [2.24, 2.45) is 11.7 Å². The van der Waals surface area contributed by atoms with Crippen LogP contribution in [0.2, 0.25) is 0 Å². The van der Waals surface area contributed by atoms with Crippen LogP contribution in [0.5, 0.6) is 0 Å². The van der Waals surface area contributed by atoms with Crippen molar-refractivity contribution < 1.29 is 18.7 Å². The lowest BCUT2D eigenvalue weighted by molar-refractivity contribution is -0.142. The third-order valence-corrected chi connectivity index (χ3v) is 2.73. The molecule has 3 nitrogen and oxygen atoms in total. The molecule has 0 radical (unpaired) electrons. The summed E-state index contributed by atoms with van der Waals surface area (Å²) < 4.78 is 25.8. The van der Waals surface area contributed by atoms with E-state index in [4.69, 9.17) is 10.8 Å². The maximum absolute atomic E-state index is 12.9. The van der Waals surface area contributed by atoms with Crippen LogP contribution in [0.1, 0.15) is 17.2 Å². The summed E-state index contributed by atoms with van der Waals surface area (Å²) in [6.07, 6.45) is 0.156. The molecule has 1 aromatic rings. The molecule has 0 heterocycles. The summed E-state index contributed by atoms with van der Waals surface area (Å²) in [5.74, 6) is -3.79. The Balaban J connectivity index is 2.45. The number of hydrogen-bond donors (Lipinski definition) is 2. The second-order valence-electron chi connectivity index (χ2n) is 3.64. The summed E-state index contributed by atoms with van der Waals surface area (Å²) in [6, 6.07) is 1.25. The van der Waals surface area contributed by atoms with Crippen molar-refractivity contribution in [3.8, 4) is 0 Å². The minimum atomic E-state index is -1.04. The Bertz CT molecular complexity index is 434. The van der Waals surface area contributed by atoms with Gasteiger partial charge in [0.1, 0.15) is 0 Å². The number of aliphatic carboxylic acids is 1. The number of hydrogen-bond acceptors (Lipinski definition) is 2. The van der Waals surface area contributed by atoms with Gasteiger partial charge >= 0.3 is 5.97 Å². The molecule has 1 aliphatic rings. The first kappa shape index (κ1) is 10.0. The number of nitrogens with two attached hydrogens (primary N) is 1. The van der Waals surface area contributed by atoms with Gasteiger partial charge in [-0.15, -0.1) is 0 Å². The molecule has 0 aliphatic heterocycles. The fourth-order valence-electron chi connectivity index (χ4n) is 1.91. The largest absolute Gasteiger partial charge is 0.481 e. The van der Waals surface area contributed by atoms with Gasteiger partial charge in [0.15, 0.2) is 11.6 Å². The molecule has 0 fully saturated rings. The van der Waals surface area contributed by atoms with Gasteiger partial charge in [-0.3, -0.25) is 4.79 Å². The van der Waals surface area contributed by atoms with Crippen LogP contribution in [0.3, 0.4) is 0 Å². The van der Waals surface area contributed by atoms with E-state index >= 15 is 0 Å². The van der Waals surface area contributed by atoms with Crippen molar-refractivity contribution >= 4 is 5.97 Å².